The highest BCUT2D eigenvalue weighted by Crippen LogP contribution is 2.22. The van der Waals surface area contributed by atoms with Gasteiger partial charge in [0.25, 0.3) is 0 Å². The number of nitrogen functional groups attached to an aromatic ring is 1. The first kappa shape index (κ1) is 14.5. The number of nitrogens with two attached hydrogens (primary N) is 1. The average Bonchev–Trinajstić information content (AvgIpc) is 2.28. The molecule has 0 atom stereocenters. The molecule has 0 saturated carbocycles. The average molecular weight is 321 g/mol. The van der Waals surface area contributed by atoms with Gasteiger partial charge in [0.05, 0.1) is 4.90 Å². The molecule has 0 fully saturated rings. The maximum atomic E-state index is 11.9. The van der Waals surface area contributed by atoms with Crippen LogP contribution in [0.4, 0.5) is 5.69 Å². The Hall–Kier alpha value is -0.590. The first-order valence-corrected chi connectivity index (χ1v) is 7.79. The maximum absolute atomic E-state index is 11.9. The molecule has 0 unspecified atom stereocenters. The van der Waals surface area contributed by atoms with Gasteiger partial charge in [0, 0.05) is 16.7 Å². The summed E-state index contributed by atoms with van der Waals surface area (Å²) in [6.45, 7) is 2.55. The van der Waals surface area contributed by atoms with Crippen LogP contribution in [-0.2, 0) is 10.0 Å². The third kappa shape index (κ3) is 4.29. The molecule has 6 heteroatoms. The van der Waals surface area contributed by atoms with Crippen LogP contribution in [0, 0.1) is 0 Å². The normalized spacial score (nSPS) is 11.6. The highest BCUT2D eigenvalue weighted by molar-refractivity contribution is 9.10. The summed E-state index contributed by atoms with van der Waals surface area (Å²) >= 11 is 3.21. The Balaban J connectivity index is 2.72. The van der Waals surface area contributed by atoms with E-state index in [4.69, 9.17) is 5.73 Å². The molecule has 0 bridgehead atoms. The largest absolute Gasteiger partial charge is 0.398 e. The molecule has 96 valence electrons. The summed E-state index contributed by atoms with van der Waals surface area (Å²) in [5, 5.41) is 0. The van der Waals surface area contributed by atoms with Gasteiger partial charge >= 0.3 is 0 Å². The van der Waals surface area contributed by atoms with Crippen molar-refractivity contribution in [2.75, 3.05) is 12.3 Å². The van der Waals surface area contributed by atoms with Gasteiger partial charge in [-0.15, -0.1) is 0 Å². The van der Waals surface area contributed by atoms with E-state index >= 15 is 0 Å². The lowest BCUT2D eigenvalue weighted by molar-refractivity contribution is 0.576. The highest BCUT2D eigenvalue weighted by Gasteiger charge is 2.14. The third-order valence-corrected chi connectivity index (χ3v) is 4.50. The molecule has 1 aromatic carbocycles. The molecule has 4 nitrogen and oxygen atoms in total. The second-order valence-corrected chi connectivity index (χ2v) is 6.41. The van der Waals surface area contributed by atoms with E-state index in [1.165, 1.54) is 12.1 Å². The summed E-state index contributed by atoms with van der Waals surface area (Å²) in [4.78, 5) is 0.232. The van der Waals surface area contributed by atoms with Gasteiger partial charge in [0.1, 0.15) is 0 Å². The van der Waals surface area contributed by atoms with E-state index in [1.54, 1.807) is 6.07 Å². The summed E-state index contributed by atoms with van der Waals surface area (Å²) in [5.41, 5.74) is 6.13. The van der Waals surface area contributed by atoms with Crippen molar-refractivity contribution in [3.8, 4) is 0 Å². The maximum Gasteiger partial charge on any atom is 0.240 e. The van der Waals surface area contributed by atoms with Crippen LogP contribution in [-0.4, -0.2) is 15.0 Å². The van der Waals surface area contributed by atoms with Crippen LogP contribution in [0.2, 0.25) is 0 Å². The Kier molecular flexibility index (Phi) is 5.42. The van der Waals surface area contributed by atoms with Gasteiger partial charge in [-0.3, -0.25) is 0 Å². The number of sulfonamides is 1. The number of benzene rings is 1. The molecular weight excluding hydrogens is 304 g/mol. The Bertz CT molecular complexity index is 474. The summed E-state index contributed by atoms with van der Waals surface area (Å²) in [7, 11) is -3.42. The predicted octanol–water partition coefficient (Wildman–Crippen LogP) is 2.50. The third-order valence-electron chi connectivity index (χ3n) is 2.35. The quantitative estimate of drug-likeness (QED) is 0.624. The topological polar surface area (TPSA) is 72.2 Å². The number of hydrogen-bond donors (Lipinski definition) is 2. The fraction of sp³-hybridized carbons (Fsp3) is 0.455. The molecule has 0 aromatic heterocycles. The van der Waals surface area contributed by atoms with Crippen molar-refractivity contribution in [2.24, 2.45) is 0 Å². The summed E-state index contributed by atoms with van der Waals surface area (Å²) in [6, 6.07) is 4.59. The minimum Gasteiger partial charge on any atom is -0.398 e. The molecule has 17 heavy (non-hydrogen) atoms. The second kappa shape index (κ2) is 6.37. The molecule has 0 amide bonds. The van der Waals surface area contributed by atoms with Crippen LogP contribution in [0.25, 0.3) is 0 Å². The molecule has 1 rings (SSSR count). The zero-order valence-electron chi connectivity index (χ0n) is 9.74. The zero-order valence-corrected chi connectivity index (χ0v) is 12.1. The van der Waals surface area contributed by atoms with Gasteiger partial charge in [-0.1, -0.05) is 19.8 Å². The lowest BCUT2D eigenvalue weighted by atomic mass is 10.3. The molecule has 0 radical (unpaired) electrons. The van der Waals surface area contributed by atoms with Crippen LogP contribution >= 0.6 is 15.9 Å². The van der Waals surface area contributed by atoms with Gasteiger partial charge in [-0.2, -0.15) is 0 Å². The lowest BCUT2D eigenvalue weighted by Gasteiger charge is -2.07. The molecule has 0 saturated heterocycles. The van der Waals surface area contributed by atoms with Gasteiger partial charge in [-0.05, 0) is 40.5 Å². The van der Waals surface area contributed by atoms with E-state index in [1.807, 2.05) is 0 Å². The first-order valence-electron chi connectivity index (χ1n) is 5.52. The van der Waals surface area contributed by atoms with Crippen LogP contribution in [0.1, 0.15) is 26.2 Å². The molecule has 0 aliphatic rings. The molecule has 0 aliphatic carbocycles. The van der Waals surface area contributed by atoms with Crippen LogP contribution in [0.15, 0.2) is 27.6 Å². The zero-order chi connectivity index (χ0) is 12.9. The van der Waals surface area contributed by atoms with Crippen molar-refractivity contribution in [2.45, 2.75) is 31.1 Å². The van der Waals surface area contributed by atoms with Crippen molar-refractivity contribution < 1.29 is 8.42 Å². The van der Waals surface area contributed by atoms with E-state index in [2.05, 4.69) is 27.6 Å². The molecule has 0 heterocycles. The smallest absolute Gasteiger partial charge is 0.240 e. The standard InChI is InChI=1S/C11H17BrN2O2S/c1-2-3-4-7-14-17(15,16)9-5-6-11(13)10(12)8-9/h5-6,8,14H,2-4,7,13H2,1H3. The Morgan fingerprint density at radius 1 is 1.35 bits per heavy atom. The van der Waals surface area contributed by atoms with Gasteiger partial charge in [0.2, 0.25) is 10.0 Å². The first-order chi connectivity index (χ1) is 7.97. The molecule has 1 aromatic rings. The Morgan fingerprint density at radius 3 is 2.65 bits per heavy atom. The predicted molar refractivity (Wildman–Crippen MR) is 73.3 cm³/mol. The summed E-state index contributed by atoms with van der Waals surface area (Å²) in [5.74, 6) is 0. The van der Waals surface area contributed by atoms with E-state index in [9.17, 15) is 8.42 Å². The molecular formula is C11H17BrN2O2S. The number of rotatable bonds is 6. The van der Waals surface area contributed by atoms with Crippen molar-refractivity contribution in [3.63, 3.8) is 0 Å². The van der Waals surface area contributed by atoms with E-state index < -0.39 is 10.0 Å². The van der Waals surface area contributed by atoms with E-state index in [-0.39, 0.29) is 4.90 Å². The number of anilines is 1. The SMILES string of the molecule is CCCCCNS(=O)(=O)c1ccc(N)c(Br)c1. The van der Waals surface area contributed by atoms with Crippen molar-refractivity contribution in [1.29, 1.82) is 0 Å². The van der Waals surface area contributed by atoms with E-state index in [0.29, 0.717) is 16.7 Å². The van der Waals surface area contributed by atoms with Crippen LogP contribution in [0.5, 0.6) is 0 Å². The number of nitrogens with one attached hydrogen (secondary N) is 1. The molecule has 0 aliphatic heterocycles. The van der Waals surface area contributed by atoms with Gasteiger partial charge in [-0.25, -0.2) is 13.1 Å². The monoisotopic (exact) mass is 320 g/mol. The van der Waals surface area contributed by atoms with Gasteiger partial charge in [0.15, 0.2) is 0 Å². The van der Waals surface area contributed by atoms with Crippen molar-refractivity contribution in [3.05, 3.63) is 22.7 Å². The number of halogens is 1. The summed E-state index contributed by atoms with van der Waals surface area (Å²) in [6.07, 6.45) is 2.94. The summed E-state index contributed by atoms with van der Waals surface area (Å²) < 4.78 is 26.9. The minimum absolute atomic E-state index is 0.232. The van der Waals surface area contributed by atoms with Crippen LogP contribution < -0.4 is 10.5 Å². The van der Waals surface area contributed by atoms with Crippen LogP contribution in [0.3, 0.4) is 0 Å². The fourth-order valence-corrected chi connectivity index (χ4v) is 2.97. The highest BCUT2D eigenvalue weighted by atomic mass is 79.9. The number of unbranched alkanes of at least 4 members (excludes halogenated alkanes) is 2. The lowest BCUT2D eigenvalue weighted by Crippen LogP contribution is -2.24. The van der Waals surface area contributed by atoms with Crippen molar-refractivity contribution in [1.82, 2.24) is 4.72 Å². The second-order valence-electron chi connectivity index (χ2n) is 3.79. The van der Waals surface area contributed by atoms with E-state index in [0.717, 1.165) is 19.3 Å². The Morgan fingerprint density at radius 2 is 2.06 bits per heavy atom. The van der Waals surface area contributed by atoms with Gasteiger partial charge < -0.3 is 5.73 Å². The fourth-order valence-electron chi connectivity index (χ4n) is 1.34. The molecule has 3 N–H and O–H groups in total. The minimum atomic E-state index is -3.42. The molecule has 0 spiro atoms. The number of hydrogen-bond acceptors (Lipinski definition) is 3. The van der Waals surface area contributed by atoms with Crippen molar-refractivity contribution >= 4 is 31.6 Å². The Labute approximate surface area is 111 Å².